The molecule has 1 N–H and O–H groups in total. The van der Waals surface area contributed by atoms with E-state index in [1.807, 2.05) is 35.7 Å². The Kier molecular flexibility index (Phi) is 3.18. The molecular weight excluding hydrogens is 274 g/mol. The van der Waals surface area contributed by atoms with Gasteiger partial charge in [-0.3, -0.25) is 4.79 Å². The summed E-state index contributed by atoms with van der Waals surface area (Å²) in [5.41, 5.74) is 0.794. The molecule has 1 heterocycles. The third-order valence-corrected chi connectivity index (χ3v) is 3.19. The molecule has 2 rings (SSSR count). The number of anilines is 1. The van der Waals surface area contributed by atoms with E-state index >= 15 is 0 Å². The molecule has 0 aliphatic rings. The molecule has 1 aromatic carbocycles. The fourth-order valence-corrected chi connectivity index (χ4v) is 2.18. The molecule has 1 amide bonds. The first-order chi connectivity index (χ1) is 7.25. The maximum atomic E-state index is 11.7. The van der Waals surface area contributed by atoms with E-state index < -0.39 is 0 Å². The van der Waals surface area contributed by atoms with Crippen LogP contribution in [0.15, 0.2) is 46.3 Å². The number of amides is 1. The van der Waals surface area contributed by atoms with Gasteiger partial charge < -0.3 is 5.32 Å². The highest BCUT2D eigenvalue weighted by atomic mass is 79.9. The first kappa shape index (κ1) is 10.4. The van der Waals surface area contributed by atoms with Crippen LogP contribution in [0.25, 0.3) is 0 Å². The minimum atomic E-state index is -0.0666. The van der Waals surface area contributed by atoms with Crippen molar-refractivity contribution in [3.8, 4) is 0 Å². The van der Waals surface area contributed by atoms with Crippen LogP contribution in [0.5, 0.6) is 0 Å². The fraction of sp³-hybridized carbons (Fsp3) is 0. The maximum absolute atomic E-state index is 11.7. The Morgan fingerprint density at radius 3 is 2.80 bits per heavy atom. The lowest BCUT2D eigenvalue weighted by Crippen LogP contribution is -2.09. The maximum Gasteiger partial charge on any atom is 0.265 e. The Morgan fingerprint density at radius 2 is 2.13 bits per heavy atom. The van der Waals surface area contributed by atoms with Gasteiger partial charge in [-0.15, -0.1) is 11.3 Å². The van der Waals surface area contributed by atoms with Gasteiger partial charge in [-0.25, -0.2) is 0 Å². The lowest BCUT2D eigenvalue weighted by Gasteiger charge is -2.03. The molecule has 0 fully saturated rings. The van der Waals surface area contributed by atoms with Crippen LogP contribution in [-0.2, 0) is 0 Å². The molecule has 0 radical (unpaired) electrons. The molecule has 2 aromatic rings. The van der Waals surface area contributed by atoms with E-state index in [2.05, 4.69) is 21.2 Å². The van der Waals surface area contributed by atoms with E-state index in [1.54, 1.807) is 6.07 Å². The number of carbonyl (C=O) groups is 1. The van der Waals surface area contributed by atoms with Crippen molar-refractivity contribution in [1.29, 1.82) is 0 Å². The van der Waals surface area contributed by atoms with E-state index in [4.69, 9.17) is 0 Å². The van der Waals surface area contributed by atoms with Crippen LogP contribution in [0.2, 0.25) is 0 Å². The summed E-state index contributed by atoms with van der Waals surface area (Å²) in [4.78, 5) is 12.4. The van der Waals surface area contributed by atoms with Crippen LogP contribution in [0.3, 0.4) is 0 Å². The van der Waals surface area contributed by atoms with Gasteiger partial charge in [0.25, 0.3) is 5.91 Å². The molecule has 0 aliphatic carbocycles. The number of hydrogen-bond acceptors (Lipinski definition) is 2. The topological polar surface area (TPSA) is 29.1 Å². The van der Waals surface area contributed by atoms with Crippen molar-refractivity contribution in [2.45, 2.75) is 0 Å². The van der Waals surface area contributed by atoms with E-state index in [1.165, 1.54) is 11.3 Å². The van der Waals surface area contributed by atoms with Crippen molar-refractivity contribution in [3.63, 3.8) is 0 Å². The molecule has 0 saturated carbocycles. The van der Waals surface area contributed by atoms with Crippen LogP contribution in [-0.4, -0.2) is 5.91 Å². The summed E-state index contributed by atoms with van der Waals surface area (Å²) in [5, 5.41) is 4.71. The first-order valence-electron chi connectivity index (χ1n) is 4.36. The molecule has 0 atom stereocenters. The normalized spacial score (nSPS) is 9.93. The zero-order chi connectivity index (χ0) is 10.7. The van der Waals surface area contributed by atoms with Crippen molar-refractivity contribution in [2.75, 3.05) is 5.32 Å². The molecule has 0 saturated heterocycles. The smallest absolute Gasteiger partial charge is 0.265 e. The molecule has 15 heavy (non-hydrogen) atoms. The van der Waals surface area contributed by atoms with E-state index in [9.17, 15) is 4.79 Å². The molecule has 0 bridgehead atoms. The van der Waals surface area contributed by atoms with Crippen molar-refractivity contribution >= 4 is 38.9 Å². The summed E-state index contributed by atoms with van der Waals surface area (Å²) in [6.45, 7) is 0. The predicted molar refractivity (Wildman–Crippen MR) is 66.4 cm³/mol. The number of nitrogens with one attached hydrogen (secondary N) is 1. The van der Waals surface area contributed by atoms with Crippen LogP contribution >= 0.6 is 27.3 Å². The summed E-state index contributed by atoms with van der Waals surface area (Å²) in [7, 11) is 0. The largest absolute Gasteiger partial charge is 0.321 e. The highest BCUT2D eigenvalue weighted by Gasteiger charge is 2.06. The molecule has 0 aliphatic heterocycles. The van der Waals surface area contributed by atoms with Crippen molar-refractivity contribution in [2.24, 2.45) is 0 Å². The van der Waals surface area contributed by atoms with E-state index in [0.29, 0.717) is 0 Å². The summed E-state index contributed by atoms with van der Waals surface area (Å²) in [6.07, 6.45) is 0. The fourth-order valence-electron chi connectivity index (χ4n) is 1.17. The van der Waals surface area contributed by atoms with Crippen LogP contribution in [0, 0.1) is 0 Å². The number of carbonyl (C=O) groups excluding carboxylic acids is 1. The third kappa shape index (κ3) is 2.67. The Balaban J connectivity index is 2.13. The van der Waals surface area contributed by atoms with E-state index in [0.717, 1.165) is 15.0 Å². The van der Waals surface area contributed by atoms with Crippen molar-refractivity contribution in [1.82, 2.24) is 0 Å². The van der Waals surface area contributed by atoms with Gasteiger partial charge in [-0.1, -0.05) is 28.1 Å². The van der Waals surface area contributed by atoms with Gasteiger partial charge in [0.15, 0.2) is 0 Å². The molecular formula is C11H8BrNOS. The molecule has 76 valence electrons. The van der Waals surface area contributed by atoms with Crippen molar-refractivity contribution < 1.29 is 4.79 Å². The molecule has 0 unspecified atom stereocenters. The minimum absolute atomic E-state index is 0.0666. The number of benzene rings is 1. The summed E-state index contributed by atoms with van der Waals surface area (Å²) in [6, 6.07) is 11.2. The molecule has 1 aromatic heterocycles. The monoisotopic (exact) mass is 281 g/mol. The van der Waals surface area contributed by atoms with Crippen molar-refractivity contribution in [3.05, 3.63) is 51.1 Å². The Labute approximate surface area is 100 Å². The minimum Gasteiger partial charge on any atom is -0.321 e. The summed E-state index contributed by atoms with van der Waals surface area (Å²) in [5.74, 6) is -0.0666. The quantitative estimate of drug-likeness (QED) is 0.892. The summed E-state index contributed by atoms with van der Waals surface area (Å²) >= 11 is 4.78. The number of halogens is 1. The van der Waals surface area contributed by atoms with Crippen LogP contribution < -0.4 is 5.32 Å². The Hall–Kier alpha value is -1.13. The van der Waals surface area contributed by atoms with Crippen LogP contribution in [0.4, 0.5) is 5.69 Å². The molecule has 4 heteroatoms. The third-order valence-electron chi connectivity index (χ3n) is 1.83. The Bertz CT molecular complexity index is 467. The number of rotatable bonds is 2. The predicted octanol–water partition coefficient (Wildman–Crippen LogP) is 3.76. The average Bonchev–Trinajstić information content (AvgIpc) is 2.70. The van der Waals surface area contributed by atoms with Gasteiger partial charge in [0.05, 0.1) is 4.88 Å². The second-order valence-electron chi connectivity index (χ2n) is 2.94. The zero-order valence-electron chi connectivity index (χ0n) is 7.74. The number of hydrogen-bond donors (Lipinski definition) is 1. The average molecular weight is 282 g/mol. The van der Waals surface area contributed by atoms with Gasteiger partial charge in [0, 0.05) is 10.2 Å². The van der Waals surface area contributed by atoms with Gasteiger partial charge >= 0.3 is 0 Å². The second kappa shape index (κ2) is 4.59. The second-order valence-corrected chi connectivity index (χ2v) is 4.81. The first-order valence-corrected chi connectivity index (χ1v) is 6.03. The van der Waals surface area contributed by atoms with Gasteiger partial charge in [0.2, 0.25) is 0 Å². The highest BCUT2D eigenvalue weighted by Crippen LogP contribution is 2.17. The Morgan fingerprint density at radius 1 is 1.27 bits per heavy atom. The summed E-state index contributed by atoms with van der Waals surface area (Å²) < 4.78 is 0.950. The van der Waals surface area contributed by atoms with Gasteiger partial charge in [-0.2, -0.15) is 0 Å². The van der Waals surface area contributed by atoms with Crippen LogP contribution in [0.1, 0.15) is 9.67 Å². The number of thiophene rings is 1. The molecule has 2 nitrogen and oxygen atoms in total. The SMILES string of the molecule is O=C(Nc1cccc(Br)c1)c1cccs1. The standard InChI is InChI=1S/C11H8BrNOS/c12-8-3-1-4-9(7-8)13-11(14)10-5-2-6-15-10/h1-7H,(H,13,14). The lowest BCUT2D eigenvalue weighted by atomic mass is 10.3. The van der Waals surface area contributed by atoms with E-state index in [-0.39, 0.29) is 5.91 Å². The van der Waals surface area contributed by atoms with Gasteiger partial charge in [-0.05, 0) is 29.6 Å². The van der Waals surface area contributed by atoms with Gasteiger partial charge in [0.1, 0.15) is 0 Å². The lowest BCUT2D eigenvalue weighted by molar-refractivity contribution is 0.103. The molecule has 0 spiro atoms. The zero-order valence-corrected chi connectivity index (χ0v) is 10.1. The highest BCUT2D eigenvalue weighted by molar-refractivity contribution is 9.10.